The third-order valence-corrected chi connectivity index (χ3v) is 2.45. The number of carboxylic acids is 1. The number of hydrogen-bond donors (Lipinski definition) is 1. The Morgan fingerprint density at radius 3 is 2.78 bits per heavy atom. The van der Waals surface area contributed by atoms with Gasteiger partial charge in [0.25, 0.3) is 0 Å². The van der Waals surface area contributed by atoms with E-state index in [-0.39, 0.29) is 5.56 Å². The molecule has 0 saturated heterocycles. The predicted molar refractivity (Wildman–Crippen MR) is 67.3 cm³/mol. The third-order valence-electron chi connectivity index (χ3n) is 2.45. The number of carboxylic acid groups (broad SMARTS) is 1. The molecule has 0 bridgehead atoms. The summed E-state index contributed by atoms with van der Waals surface area (Å²) in [5, 5.41) is 13.5. The van der Waals surface area contributed by atoms with Crippen molar-refractivity contribution in [2.24, 2.45) is 5.92 Å². The highest BCUT2D eigenvalue weighted by atomic mass is 16.4. The number of aromatic nitrogens is 3. The first-order valence-corrected chi connectivity index (χ1v) is 5.80. The molecule has 0 fully saturated rings. The summed E-state index contributed by atoms with van der Waals surface area (Å²) in [7, 11) is 0. The van der Waals surface area contributed by atoms with Crippen molar-refractivity contribution in [3.05, 3.63) is 36.2 Å². The molecule has 0 spiro atoms. The van der Waals surface area contributed by atoms with Crippen molar-refractivity contribution in [2.75, 3.05) is 0 Å². The van der Waals surface area contributed by atoms with Crippen molar-refractivity contribution in [3.8, 4) is 11.4 Å². The largest absolute Gasteiger partial charge is 0.478 e. The van der Waals surface area contributed by atoms with Gasteiger partial charge in [-0.25, -0.2) is 4.79 Å². The molecule has 0 aliphatic carbocycles. The van der Waals surface area contributed by atoms with E-state index < -0.39 is 5.97 Å². The van der Waals surface area contributed by atoms with Crippen LogP contribution in [0.1, 0.15) is 24.2 Å². The van der Waals surface area contributed by atoms with Gasteiger partial charge in [-0.15, -0.1) is 0 Å². The lowest BCUT2D eigenvalue weighted by Gasteiger charge is -2.03. The summed E-state index contributed by atoms with van der Waals surface area (Å²) in [6.07, 6.45) is 3.19. The molecule has 0 aromatic carbocycles. The molecule has 2 aromatic heterocycles. The molecule has 18 heavy (non-hydrogen) atoms. The summed E-state index contributed by atoms with van der Waals surface area (Å²) in [5.74, 6) is -0.575. The number of nitrogens with zero attached hydrogens (tertiary/aromatic N) is 3. The van der Waals surface area contributed by atoms with Gasteiger partial charge in [0.1, 0.15) is 11.3 Å². The highest BCUT2D eigenvalue weighted by Crippen LogP contribution is 2.20. The Morgan fingerprint density at radius 1 is 1.44 bits per heavy atom. The SMILES string of the molecule is CC(C)Cn1cc(C(=O)O)c(-c2ccccn2)n1. The van der Waals surface area contributed by atoms with E-state index in [1.165, 1.54) is 0 Å². The van der Waals surface area contributed by atoms with Gasteiger partial charge in [0.15, 0.2) is 0 Å². The van der Waals surface area contributed by atoms with Crippen LogP contribution in [-0.4, -0.2) is 25.8 Å². The lowest BCUT2D eigenvalue weighted by molar-refractivity contribution is 0.0697. The Balaban J connectivity index is 2.45. The van der Waals surface area contributed by atoms with Gasteiger partial charge in [-0.1, -0.05) is 19.9 Å². The summed E-state index contributed by atoms with van der Waals surface area (Å²) in [6.45, 7) is 4.80. The highest BCUT2D eigenvalue weighted by Gasteiger charge is 2.18. The molecule has 0 saturated carbocycles. The zero-order valence-corrected chi connectivity index (χ0v) is 10.4. The number of aromatic carboxylic acids is 1. The van der Waals surface area contributed by atoms with Gasteiger partial charge in [-0.3, -0.25) is 9.67 Å². The smallest absolute Gasteiger partial charge is 0.339 e. The Kier molecular flexibility index (Phi) is 3.41. The van der Waals surface area contributed by atoms with Crippen molar-refractivity contribution < 1.29 is 9.90 Å². The average molecular weight is 245 g/mol. The van der Waals surface area contributed by atoms with Crippen molar-refractivity contribution >= 4 is 5.97 Å². The highest BCUT2D eigenvalue weighted by molar-refractivity contribution is 5.94. The van der Waals surface area contributed by atoms with Crippen molar-refractivity contribution in [3.63, 3.8) is 0 Å². The van der Waals surface area contributed by atoms with Crippen LogP contribution in [0.2, 0.25) is 0 Å². The van der Waals surface area contributed by atoms with Crippen LogP contribution in [0.25, 0.3) is 11.4 Å². The molecule has 94 valence electrons. The minimum Gasteiger partial charge on any atom is -0.478 e. The van der Waals surface area contributed by atoms with Crippen LogP contribution in [-0.2, 0) is 6.54 Å². The maximum absolute atomic E-state index is 11.2. The molecule has 0 aliphatic heterocycles. The first kappa shape index (κ1) is 12.3. The Labute approximate surface area is 105 Å². The Hall–Kier alpha value is -2.17. The fourth-order valence-corrected chi connectivity index (χ4v) is 1.74. The van der Waals surface area contributed by atoms with Gasteiger partial charge in [-0.05, 0) is 18.1 Å². The van der Waals surface area contributed by atoms with E-state index in [0.717, 1.165) is 0 Å². The van der Waals surface area contributed by atoms with Crippen LogP contribution in [0, 0.1) is 5.92 Å². The molecule has 0 aliphatic rings. The lowest BCUT2D eigenvalue weighted by atomic mass is 10.2. The van der Waals surface area contributed by atoms with Crippen molar-refractivity contribution in [1.29, 1.82) is 0 Å². The molecule has 5 nitrogen and oxygen atoms in total. The predicted octanol–water partition coefficient (Wildman–Crippen LogP) is 2.30. The molecular formula is C13H15N3O2. The topological polar surface area (TPSA) is 68.0 Å². The summed E-state index contributed by atoms with van der Waals surface area (Å²) >= 11 is 0. The Bertz CT molecular complexity index is 547. The van der Waals surface area contributed by atoms with Crippen LogP contribution in [0.3, 0.4) is 0 Å². The minimum absolute atomic E-state index is 0.189. The summed E-state index contributed by atoms with van der Waals surface area (Å²) in [6, 6.07) is 5.36. The van der Waals surface area contributed by atoms with Crippen LogP contribution in [0.15, 0.2) is 30.6 Å². The normalized spacial score (nSPS) is 10.8. The van der Waals surface area contributed by atoms with Crippen molar-refractivity contribution in [1.82, 2.24) is 14.8 Å². The maximum atomic E-state index is 11.2. The third kappa shape index (κ3) is 2.56. The van der Waals surface area contributed by atoms with E-state index in [0.29, 0.717) is 23.9 Å². The zero-order valence-electron chi connectivity index (χ0n) is 10.4. The van der Waals surface area contributed by atoms with Gasteiger partial charge in [-0.2, -0.15) is 5.10 Å². The molecule has 2 aromatic rings. The number of rotatable bonds is 4. The molecule has 2 rings (SSSR count). The van der Waals surface area contributed by atoms with Crippen LogP contribution in [0.5, 0.6) is 0 Å². The minimum atomic E-state index is -0.981. The zero-order chi connectivity index (χ0) is 13.1. The van der Waals surface area contributed by atoms with Crippen LogP contribution in [0.4, 0.5) is 0 Å². The van der Waals surface area contributed by atoms with E-state index in [2.05, 4.69) is 23.9 Å². The van der Waals surface area contributed by atoms with Crippen molar-refractivity contribution in [2.45, 2.75) is 20.4 Å². The molecule has 0 atom stereocenters. The fraction of sp³-hybridized carbons (Fsp3) is 0.308. The second kappa shape index (κ2) is 5.00. The van der Waals surface area contributed by atoms with E-state index in [1.807, 2.05) is 6.07 Å². The Morgan fingerprint density at radius 2 is 2.22 bits per heavy atom. The number of carbonyl (C=O) groups is 1. The monoisotopic (exact) mass is 245 g/mol. The molecule has 5 heteroatoms. The van der Waals surface area contributed by atoms with Crippen LogP contribution < -0.4 is 0 Å². The summed E-state index contributed by atoms with van der Waals surface area (Å²) < 4.78 is 1.66. The lowest BCUT2D eigenvalue weighted by Crippen LogP contribution is -2.04. The second-order valence-corrected chi connectivity index (χ2v) is 4.53. The van der Waals surface area contributed by atoms with E-state index in [4.69, 9.17) is 0 Å². The molecule has 2 heterocycles. The molecule has 0 radical (unpaired) electrons. The fourth-order valence-electron chi connectivity index (χ4n) is 1.74. The second-order valence-electron chi connectivity index (χ2n) is 4.53. The maximum Gasteiger partial charge on any atom is 0.339 e. The van der Waals surface area contributed by atoms with Gasteiger partial charge >= 0.3 is 5.97 Å². The average Bonchev–Trinajstić information content (AvgIpc) is 2.73. The standard InChI is InChI=1S/C13H15N3O2/c1-9(2)7-16-8-10(13(17)18)12(15-16)11-5-3-4-6-14-11/h3-6,8-9H,7H2,1-2H3,(H,17,18). The van der Waals surface area contributed by atoms with E-state index >= 15 is 0 Å². The van der Waals surface area contributed by atoms with Gasteiger partial charge < -0.3 is 5.11 Å². The molecule has 1 N–H and O–H groups in total. The number of hydrogen-bond acceptors (Lipinski definition) is 3. The summed E-state index contributed by atoms with van der Waals surface area (Å²) in [5.41, 5.74) is 1.19. The van der Waals surface area contributed by atoms with Gasteiger partial charge in [0.2, 0.25) is 0 Å². The van der Waals surface area contributed by atoms with E-state index in [9.17, 15) is 9.90 Å². The number of pyridine rings is 1. The van der Waals surface area contributed by atoms with E-state index in [1.54, 1.807) is 29.2 Å². The summed E-state index contributed by atoms with van der Waals surface area (Å²) in [4.78, 5) is 15.4. The van der Waals surface area contributed by atoms with Crippen LogP contribution >= 0.6 is 0 Å². The quantitative estimate of drug-likeness (QED) is 0.897. The molecule has 0 unspecified atom stereocenters. The van der Waals surface area contributed by atoms with Gasteiger partial charge in [0.05, 0.1) is 5.69 Å². The first-order valence-electron chi connectivity index (χ1n) is 5.80. The molecular weight excluding hydrogens is 230 g/mol. The van der Waals surface area contributed by atoms with Gasteiger partial charge in [0, 0.05) is 18.9 Å². The molecule has 0 amide bonds. The first-order chi connectivity index (χ1) is 8.58.